The summed E-state index contributed by atoms with van der Waals surface area (Å²) in [6.07, 6.45) is 8.57. The second kappa shape index (κ2) is 4.20. The van der Waals surface area contributed by atoms with Crippen LogP contribution in [0, 0.1) is 5.92 Å². The van der Waals surface area contributed by atoms with Crippen LogP contribution in [0.3, 0.4) is 0 Å². The first-order valence-electron chi connectivity index (χ1n) is 7.45. The van der Waals surface area contributed by atoms with Crippen molar-refractivity contribution in [3.05, 3.63) is 21.7 Å². The van der Waals surface area contributed by atoms with Gasteiger partial charge in [-0.25, -0.2) is 4.98 Å². The molecule has 1 atom stereocenters. The van der Waals surface area contributed by atoms with Crippen molar-refractivity contribution in [2.24, 2.45) is 5.92 Å². The summed E-state index contributed by atoms with van der Waals surface area (Å²) in [6.45, 7) is 2.32. The Labute approximate surface area is 118 Å². The summed E-state index contributed by atoms with van der Waals surface area (Å²) in [6, 6.07) is 0. The Morgan fingerprint density at radius 2 is 2.00 bits per heavy atom. The van der Waals surface area contributed by atoms with Crippen LogP contribution in [0.1, 0.15) is 47.9 Å². The van der Waals surface area contributed by atoms with Gasteiger partial charge in [0.25, 0.3) is 0 Å². The van der Waals surface area contributed by atoms with Crippen LogP contribution in [-0.4, -0.2) is 4.98 Å². The zero-order valence-corrected chi connectivity index (χ0v) is 12.3. The van der Waals surface area contributed by atoms with Crippen molar-refractivity contribution in [3.63, 3.8) is 0 Å². The molecule has 0 fully saturated rings. The molecule has 3 heteroatoms. The quantitative estimate of drug-likeness (QED) is 0.790. The molecular formula is C16H20N2S. The Morgan fingerprint density at radius 1 is 1.16 bits per heavy atom. The van der Waals surface area contributed by atoms with E-state index < -0.39 is 0 Å². The monoisotopic (exact) mass is 272 g/mol. The van der Waals surface area contributed by atoms with Crippen LogP contribution < -0.4 is 5.73 Å². The summed E-state index contributed by atoms with van der Waals surface area (Å²) in [7, 11) is 0. The zero-order chi connectivity index (χ0) is 13.0. The number of hydrogen-bond donors (Lipinski definition) is 1. The molecule has 19 heavy (non-hydrogen) atoms. The Bertz CT molecular complexity index is 657. The van der Waals surface area contributed by atoms with E-state index in [1.54, 1.807) is 4.88 Å². The highest BCUT2D eigenvalue weighted by Crippen LogP contribution is 2.42. The second-order valence-electron chi connectivity index (χ2n) is 6.19. The summed E-state index contributed by atoms with van der Waals surface area (Å²) < 4.78 is 0. The number of nitrogens with zero attached hydrogens (tertiary/aromatic N) is 1. The first-order valence-corrected chi connectivity index (χ1v) is 8.27. The molecule has 0 amide bonds. The van der Waals surface area contributed by atoms with Crippen LogP contribution in [0.2, 0.25) is 0 Å². The van der Waals surface area contributed by atoms with Gasteiger partial charge in [-0.2, -0.15) is 0 Å². The predicted molar refractivity (Wildman–Crippen MR) is 81.9 cm³/mol. The molecule has 0 bridgehead atoms. The van der Waals surface area contributed by atoms with Crippen molar-refractivity contribution < 1.29 is 0 Å². The average Bonchev–Trinajstić information content (AvgIpc) is 2.76. The lowest BCUT2D eigenvalue weighted by molar-refractivity contribution is 0.494. The molecule has 0 unspecified atom stereocenters. The molecule has 2 aliphatic rings. The predicted octanol–water partition coefficient (Wildman–Crippen LogP) is 3.88. The van der Waals surface area contributed by atoms with Gasteiger partial charge in [0.05, 0.1) is 0 Å². The Hall–Kier alpha value is -1.09. The molecule has 2 aliphatic carbocycles. The van der Waals surface area contributed by atoms with Crippen LogP contribution in [-0.2, 0) is 25.7 Å². The molecule has 0 radical (unpaired) electrons. The largest absolute Gasteiger partial charge is 0.398 e. The Balaban J connectivity index is 1.99. The van der Waals surface area contributed by atoms with Gasteiger partial charge in [-0.05, 0) is 62.0 Å². The fourth-order valence-electron chi connectivity index (χ4n) is 3.68. The number of aromatic nitrogens is 1. The highest BCUT2D eigenvalue weighted by molar-refractivity contribution is 7.19. The smallest absolute Gasteiger partial charge is 0.126 e. The first-order chi connectivity index (χ1) is 9.24. The number of pyridine rings is 1. The third-order valence-corrected chi connectivity index (χ3v) is 5.95. The maximum Gasteiger partial charge on any atom is 0.126 e. The van der Waals surface area contributed by atoms with Crippen molar-refractivity contribution in [1.29, 1.82) is 0 Å². The van der Waals surface area contributed by atoms with Crippen molar-refractivity contribution in [2.45, 2.75) is 51.9 Å². The second-order valence-corrected chi connectivity index (χ2v) is 7.27. The molecule has 0 aliphatic heterocycles. The lowest BCUT2D eigenvalue weighted by atomic mass is 9.86. The minimum atomic E-state index is 0.756. The fourth-order valence-corrected chi connectivity index (χ4v) is 4.97. The van der Waals surface area contributed by atoms with Gasteiger partial charge in [-0.15, -0.1) is 11.3 Å². The summed E-state index contributed by atoms with van der Waals surface area (Å²) in [5.74, 6) is 0.756. The standard InChI is InChI=1S/C16H20N2S/c1-9-6-7-10-12(8-9)18-16-14(15(10)17)11-4-2-3-5-13(11)19-16/h9H,2-8H2,1H3,(H2,17,18)/t9-/m0/s1. The molecular weight excluding hydrogens is 252 g/mol. The number of hydrogen-bond acceptors (Lipinski definition) is 3. The SMILES string of the molecule is C[C@H]1CCc2c(nc3sc4c(c3c2N)CCCC4)C1. The summed E-state index contributed by atoms with van der Waals surface area (Å²) in [4.78, 5) is 7.73. The molecule has 100 valence electrons. The van der Waals surface area contributed by atoms with Crippen molar-refractivity contribution in [3.8, 4) is 0 Å². The van der Waals surface area contributed by atoms with Crippen molar-refractivity contribution >= 4 is 27.2 Å². The number of nitrogen functional groups attached to an aromatic ring is 1. The summed E-state index contributed by atoms with van der Waals surface area (Å²) in [5, 5.41) is 1.31. The minimum absolute atomic E-state index is 0.756. The molecule has 4 rings (SSSR count). The van der Waals surface area contributed by atoms with E-state index in [-0.39, 0.29) is 0 Å². The third kappa shape index (κ3) is 1.71. The van der Waals surface area contributed by atoms with Crippen LogP contribution in [0.15, 0.2) is 0 Å². The Morgan fingerprint density at radius 3 is 2.89 bits per heavy atom. The zero-order valence-electron chi connectivity index (χ0n) is 11.5. The van der Waals surface area contributed by atoms with E-state index in [1.165, 1.54) is 59.1 Å². The van der Waals surface area contributed by atoms with E-state index in [2.05, 4.69) is 6.92 Å². The van der Waals surface area contributed by atoms with Crippen LogP contribution in [0.4, 0.5) is 5.69 Å². The number of thiophene rings is 1. The van der Waals surface area contributed by atoms with Crippen LogP contribution in [0.25, 0.3) is 10.2 Å². The van der Waals surface area contributed by atoms with Gasteiger partial charge in [0, 0.05) is 21.6 Å². The highest BCUT2D eigenvalue weighted by atomic mass is 32.1. The molecule has 0 saturated heterocycles. The lowest BCUT2D eigenvalue weighted by Crippen LogP contribution is -2.15. The van der Waals surface area contributed by atoms with Gasteiger partial charge < -0.3 is 5.73 Å². The lowest BCUT2D eigenvalue weighted by Gasteiger charge is -2.22. The number of fused-ring (bicyclic) bond motifs is 4. The topological polar surface area (TPSA) is 38.9 Å². The molecule has 0 spiro atoms. The minimum Gasteiger partial charge on any atom is -0.398 e. The van der Waals surface area contributed by atoms with Gasteiger partial charge in [0.15, 0.2) is 0 Å². The molecule has 0 aromatic carbocycles. The molecule has 2 aromatic heterocycles. The van der Waals surface area contributed by atoms with Gasteiger partial charge in [-0.3, -0.25) is 0 Å². The normalized spacial score (nSPS) is 22.3. The number of nitrogens with two attached hydrogens (primary N) is 1. The molecule has 0 saturated carbocycles. The highest BCUT2D eigenvalue weighted by Gasteiger charge is 2.25. The number of rotatable bonds is 0. The van der Waals surface area contributed by atoms with Crippen molar-refractivity contribution in [2.75, 3.05) is 5.73 Å². The van der Waals surface area contributed by atoms with E-state index in [9.17, 15) is 0 Å². The third-order valence-electron chi connectivity index (χ3n) is 4.76. The van der Waals surface area contributed by atoms with Gasteiger partial charge in [-0.1, -0.05) is 6.92 Å². The maximum absolute atomic E-state index is 6.52. The molecule has 2 aromatic rings. The van der Waals surface area contributed by atoms with Crippen LogP contribution in [0.5, 0.6) is 0 Å². The summed E-state index contributed by atoms with van der Waals surface area (Å²) in [5.41, 5.74) is 11.7. The van der Waals surface area contributed by atoms with Crippen LogP contribution >= 0.6 is 11.3 Å². The molecule has 2 heterocycles. The van der Waals surface area contributed by atoms with Gasteiger partial charge in [0.2, 0.25) is 0 Å². The number of aryl methyl sites for hydroxylation is 2. The van der Waals surface area contributed by atoms with E-state index in [1.807, 2.05) is 11.3 Å². The molecule has 2 N–H and O–H groups in total. The Kier molecular flexibility index (Phi) is 2.59. The number of anilines is 1. The maximum atomic E-state index is 6.52. The first kappa shape index (κ1) is 11.7. The van der Waals surface area contributed by atoms with E-state index in [0.29, 0.717) is 0 Å². The van der Waals surface area contributed by atoms with E-state index in [4.69, 9.17) is 10.7 Å². The van der Waals surface area contributed by atoms with Gasteiger partial charge in [0.1, 0.15) is 4.83 Å². The fraction of sp³-hybridized carbons (Fsp3) is 0.562. The average molecular weight is 272 g/mol. The van der Waals surface area contributed by atoms with Crippen molar-refractivity contribution in [1.82, 2.24) is 4.98 Å². The molecule has 2 nitrogen and oxygen atoms in total. The van der Waals surface area contributed by atoms with Gasteiger partial charge >= 0.3 is 0 Å². The summed E-state index contributed by atoms with van der Waals surface area (Å²) >= 11 is 1.90. The van der Waals surface area contributed by atoms with E-state index >= 15 is 0 Å². The van der Waals surface area contributed by atoms with E-state index in [0.717, 1.165) is 24.4 Å².